The van der Waals surface area contributed by atoms with Crippen LogP contribution in [-0.2, 0) is 13.8 Å². The molecule has 0 N–H and O–H groups in total. The van der Waals surface area contributed by atoms with E-state index >= 15 is 0 Å². The number of hydrogen-bond acceptors (Lipinski definition) is 4. The van der Waals surface area contributed by atoms with Crippen LogP contribution in [0.2, 0.25) is 0 Å². The van der Waals surface area contributed by atoms with E-state index in [1.165, 1.54) is 4.90 Å². The third-order valence-electron chi connectivity index (χ3n) is 3.28. The molecule has 21 heavy (non-hydrogen) atoms. The lowest BCUT2D eigenvalue weighted by atomic mass is 10.2. The number of rotatable bonds is 3. The highest BCUT2D eigenvalue weighted by molar-refractivity contribution is 9.10. The van der Waals surface area contributed by atoms with Crippen molar-refractivity contribution in [2.24, 2.45) is 0 Å². The largest absolute Gasteiger partial charge is 0.380 e. The summed E-state index contributed by atoms with van der Waals surface area (Å²) in [6.45, 7) is 0.895. The summed E-state index contributed by atoms with van der Waals surface area (Å²) in [4.78, 5) is 13.2. The molecule has 1 fully saturated rings. The zero-order valence-electron chi connectivity index (χ0n) is 11.0. The summed E-state index contributed by atoms with van der Waals surface area (Å²) < 4.78 is 41.6. The molecular weight excluding hydrogens is 389 g/mol. The zero-order valence-corrected chi connectivity index (χ0v) is 14.1. The van der Waals surface area contributed by atoms with E-state index in [2.05, 4.69) is 15.9 Å². The van der Waals surface area contributed by atoms with E-state index in [1.54, 1.807) is 7.11 Å². The molecule has 0 aromatic heterocycles. The Labute approximate surface area is 134 Å². The monoisotopic (exact) mass is 399 g/mol. The van der Waals surface area contributed by atoms with E-state index in [-0.39, 0.29) is 16.1 Å². The first-order valence-electron chi connectivity index (χ1n) is 6.00. The summed E-state index contributed by atoms with van der Waals surface area (Å²) in [5.41, 5.74) is 0.0485. The van der Waals surface area contributed by atoms with Crippen LogP contribution in [0.1, 0.15) is 16.8 Å². The highest BCUT2D eigenvalue weighted by Gasteiger charge is 2.29. The van der Waals surface area contributed by atoms with E-state index in [1.807, 2.05) is 0 Å². The molecule has 2 rings (SSSR count). The van der Waals surface area contributed by atoms with E-state index in [0.717, 1.165) is 12.1 Å². The van der Waals surface area contributed by atoms with Crippen LogP contribution in [0.25, 0.3) is 0 Å². The normalized spacial score (nSPS) is 19.0. The van der Waals surface area contributed by atoms with Gasteiger partial charge in [0.25, 0.3) is 15.0 Å². The number of hydrogen-bond donors (Lipinski definition) is 0. The van der Waals surface area contributed by atoms with Gasteiger partial charge in [-0.3, -0.25) is 4.79 Å². The van der Waals surface area contributed by atoms with Crippen LogP contribution in [0.3, 0.4) is 0 Å². The van der Waals surface area contributed by atoms with Gasteiger partial charge in [-0.2, -0.15) is 0 Å². The van der Waals surface area contributed by atoms with Crippen molar-refractivity contribution in [1.29, 1.82) is 0 Å². The number of nitrogens with zero attached hydrogens (tertiary/aromatic N) is 1. The summed E-state index contributed by atoms with van der Waals surface area (Å²) in [5.74, 6) is -1.41. The average molecular weight is 401 g/mol. The van der Waals surface area contributed by atoms with E-state index in [0.29, 0.717) is 19.5 Å². The van der Waals surface area contributed by atoms with E-state index in [4.69, 9.17) is 15.4 Å². The summed E-state index contributed by atoms with van der Waals surface area (Å²) in [6, 6.07) is 1.87. The fourth-order valence-corrected chi connectivity index (χ4v) is 3.55. The molecule has 1 aromatic carbocycles. The average Bonchev–Trinajstić information content (AvgIpc) is 2.85. The molecule has 5 nitrogen and oxygen atoms in total. The van der Waals surface area contributed by atoms with E-state index in [9.17, 15) is 17.6 Å². The second-order valence-electron chi connectivity index (χ2n) is 4.60. The number of benzene rings is 1. The number of carbonyl (C=O) groups excluding carboxylic acids is 1. The topological polar surface area (TPSA) is 63.7 Å². The Morgan fingerprint density at radius 3 is 2.71 bits per heavy atom. The van der Waals surface area contributed by atoms with Crippen molar-refractivity contribution in [3.8, 4) is 0 Å². The lowest BCUT2D eigenvalue weighted by Crippen LogP contribution is -2.30. The maximum atomic E-state index is 13.6. The molecule has 0 bridgehead atoms. The minimum atomic E-state index is -4.26. The summed E-state index contributed by atoms with van der Waals surface area (Å²) in [7, 11) is 2.47. The lowest BCUT2D eigenvalue weighted by molar-refractivity contribution is 0.0723. The highest BCUT2D eigenvalue weighted by atomic mass is 79.9. The van der Waals surface area contributed by atoms with Crippen LogP contribution in [0, 0.1) is 5.82 Å². The number of amides is 1. The van der Waals surface area contributed by atoms with Crippen LogP contribution in [0.5, 0.6) is 0 Å². The van der Waals surface area contributed by atoms with Crippen molar-refractivity contribution in [1.82, 2.24) is 4.90 Å². The lowest BCUT2D eigenvalue weighted by Gasteiger charge is -2.17. The number of halogens is 3. The fraction of sp³-hybridized carbons (Fsp3) is 0.417. The van der Waals surface area contributed by atoms with Crippen molar-refractivity contribution in [3.63, 3.8) is 0 Å². The standard InChI is InChI=1S/C12H12BrClFNO4S/c1-20-7-2-3-16(6-7)12(17)8-4-11(21(14,18)19)10(15)5-9(8)13/h4-5,7H,2-3,6H2,1H3. The maximum Gasteiger partial charge on any atom is 0.264 e. The number of methoxy groups -OCH3 is 1. The molecule has 1 aliphatic heterocycles. The molecule has 1 aliphatic rings. The summed E-state index contributed by atoms with van der Waals surface area (Å²) >= 11 is 3.07. The predicted octanol–water partition coefficient (Wildman–Crippen LogP) is 2.38. The van der Waals surface area contributed by atoms with Gasteiger partial charge < -0.3 is 9.64 Å². The van der Waals surface area contributed by atoms with Crippen LogP contribution in [0.4, 0.5) is 4.39 Å². The van der Waals surface area contributed by atoms with Gasteiger partial charge in [0.05, 0.1) is 11.7 Å². The molecule has 1 aromatic rings. The zero-order chi connectivity index (χ0) is 15.8. The molecular formula is C12H12BrClFNO4S. The SMILES string of the molecule is COC1CCN(C(=O)c2cc(S(=O)(=O)Cl)c(F)cc2Br)C1. The molecule has 1 saturated heterocycles. The molecule has 9 heteroatoms. The Kier molecular flexibility index (Phi) is 4.92. The van der Waals surface area contributed by atoms with Gasteiger partial charge in [0.15, 0.2) is 0 Å². The maximum absolute atomic E-state index is 13.6. The Balaban J connectivity index is 2.38. The first-order chi connectivity index (χ1) is 9.74. The number of likely N-dealkylation sites (tertiary alicyclic amines) is 1. The molecule has 0 aliphatic carbocycles. The van der Waals surface area contributed by atoms with Gasteiger partial charge in [-0.25, -0.2) is 12.8 Å². The number of ether oxygens (including phenoxy) is 1. The minimum Gasteiger partial charge on any atom is -0.380 e. The molecule has 116 valence electrons. The smallest absolute Gasteiger partial charge is 0.264 e. The van der Waals surface area contributed by atoms with Gasteiger partial charge in [-0.15, -0.1) is 0 Å². The predicted molar refractivity (Wildman–Crippen MR) is 78.5 cm³/mol. The Morgan fingerprint density at radius 2 is 2.19 bits per heavy atom. The van der Waals surface area contributed by atoms with Crippen LogP contribution < -0.4 is 0 Å². The third kappa shape index (κ3) is 3.56. The molecule has 0 saturated carbocycles. The molecule has 1 unspecified atom stereocenters. The van der Waals surface area contributed by atoms with Crippen LogP contribution in [-0.4, -0.2) is 45.5 Å². The van der Waals surface area contributed by atoms with Gasteiger partial charge in [-0.05, 0) is 34.5 Å². The molecule has 1 amide bonds. The highest BCUT2D eigenvalue weighted by Crippen LogP contribution is 2.28. The van der Waals surface area contributed by atoms with Gasteiger partial charge in [0.2, 0.25) is 0 Å². The molecule has 1 atom stereocenters. The van der Waals surface area contributed by atoms with Crippen molar-refractivity contribution in [2.75, 3.05) is 20.2 Å². The third-order valence-corrected chi connectivity index (χ3v) is 5.27. The van der Waals surface area contributed by atoms with Gasteiger partial charge in [0.1, 0.15) is 10.7 Å². The first kappa shape index (κ1) is 16.7. The van der Waals surface area contributed by atoms with Crippen molar-refractivity contribution >= 4 is 41.6 Å². The van der Waals surface area contributed by atoms with E-state index < -0.39 is 25.7 Å². The van der Waals surface area contributed by atoms with Gasteiger partial charge >= 0.3 is 0 Å². The second-order valence-corrected chi connectivity index (χ2v) is 7.99. The van der Waals surface area contributed by atoms with Gasteiger partial charge in [-0.1, -0.05) is 0 Å². The van der Waals surface area contributed by atoms with Crippen LogP contribution >= 0.6 is 26.6 Å². The quantitative estimate of drug-likeness (QED) is 0.731. The molecule has 0 radical (unpaired) electrons. The Morgan fingerprint density at radius 1 is 1.52 bits per heavy atom. The summed E-state index contributed by atoms with van der Waals surface area (Å²) in [6.07, 6.45) is 0.645. The number of carbonyl (C=O) groups is 1. The first-order valence-corrected chi connectivity index (χ1v) is 9.10. The second kappa shape index (κ2) is 6.20. The summed E-state index contributed by atoms with van der Waals surface area (Å²) in [5, 5.41) is 0. The molecule has 0 spiro atoms. The minimum absolute atomic E-state index is 0.0485. The van der Waals surface area contributed by atoms with Gasteiger partial charge in [0, 0.05) is 35.4 Å². The van der Waals surface area contributed by atoms with Crippen LogP contribution in [0.15, 0.2) is 21.5 Å². The van der Waals surface area contributed by atoms with Crippen molar-refractivity contribution in [3.05, 3.63) is 28.0 Å². The Hall–Kier alpha value is -0.700. The molecule has 1 heterocycles. The fourth-order valence-electron chi connectivity index (χ4n) is 2.16. The van der Waals surface area contributed by atoms with Crippen molar-refractivity contribution < 1.29 is 22.3 Å². The Bertz CT molecular complexity index is 682. The van der Waals surface area contributed by atoms with Crippen molar-refractivity contribution in [2.45, 2.75) is 17.4 Å².